The maximum atomic E-state index is 11.0. The highest BCUT2D eigenvalue weighted by Crippen LogP contribution is 2.29. The molecule has 4 heteroatoms. The Hall–Kier alpha value is -1.06. The zero-order valence-electron chi connectivity index (χ0n) is 9.86. The maximum absolute atomic E-state index is 11.0. The normalized spacial score (nSPS) is 19.3. The first-order valence-corrected chi connectivity index (χ1v) is 6.16. The Morgan fingerprint density at radius 1 is 1.59 bits per heavy atom. The average Bonchev–Trinajstić information content (AvgIpc) is 2.81. The minimum atomic E-state index is 0.246. The first-order chi connectivity index (χ1) is 8.22. The molecule has 0 aliphatic carbocycles. The Labute approximate surface area is 106 Å². The molecule has 1 unspecified atom stereocenters. The number of benzene rings is 1. The van der Waals surface area contributed by atoms with Gasteiger partial charge in [-0.05, 0) is 25.0 Å². The summed E-state index contributed by atoms with van der Waals surface area (Å²) in [5.74, 6) is 0. The lowest BCUT2D eigenvalue weighted by Crippen LogP contribution is -2.29. The van der Waals surface area contributed by atoms with Crippen molar-refractivity contribution in [3.05, 3.63) is 28.8 Å². The van der Waals surface area contributed by atoms with E-state index in [9.17, 15) is 4.79 Å². The molecule has 1 fully saturated rings. The summed E-state index contributed by atoms with van der Waals surface area (Å²) in [6.07, 6.45) is 3.27. The van der Waals surface area contributed by atoms with Gasteiger partial charge in [0.2, 0.25) is 0 Å². The first kappa shape index (κ1) is 12.4. The highest BCUT2D eigenvalue weighted by atomic mass is 35.5. The van der Waals surface area contributed by atoms with Gasteiger partial charge < -0.3 is 9.64 Å². The van der Waals surface area contributed by atoms with E-state index >= 15 is 0 Å². The molecule has 0 radical (unpaired) electrons. The molecule has 1 atom stereocenters. The number of hydrogen-bond acceptors (Lipinski definition) is 3. The number of likely N-dealkylation sites (N-methyl/N-ethyl adjacent to an activating group) is 1. The van der Waals surface area contributed by atoms with E-state index in [0.29, 0.717) is 10.6 Å². The Bertz CT molecular complexity index is 402. The van der Waals surface area contributed by atoms with E-state index in [-0.39, 0.29) is 6.10 Å². The smallest absolute Gasteiger partial charge is 0.152 e. The van der Waals surface area contributed by atoms with Gasteiger partial charge in [0.1, 0.15) is 0 Å². The van der Waals surface area contributed by atoms with Crippen LogP contribution in [0.5, 0.6) is 0 Å². The van der Waals surface area contributed by atoms with Gasteiger partial charge in [-0.25, -0.2) is 0 Å². The van der Waals surface area contributed by atoms with Crippen molar-refractivity contribution in [2.75, 3.05) is 25.1 Å². The van der Waals surface area contributed by atoms with E-state index in [1.165, 1.54) is 0 Å². The van der Waals surface area contributed by atoms with Crippen LogP contribution in [0.3, 0.4) is 0 Å². The molecule has 1 aliphatic heterocycles. The molecular formula is C13H16ClNO2. The fourth-order valence-electron chi connectivity index (χ4n) is 2.21. The lowest BCUT2D eigenvalue weighted by Gasteiger charge is -2.24. The SMILES string of the molecule is CN(CC1CCCO1)c1c(Cl)cccc1C=O. The molecule has 0 N–H and O–H groups in total. The number of halogens is 1. The lowest BCUT2D eigenvalue weighted by atomic mass is 10.1. The van der Waals surface area contributed by atoms with Crippen LogP contribution in [-0.4, -0.2) is 32.6 Å². The van der Waals surface area contributed by atoms with Gasteiger partial charge >= 0.3 is 0 Å². The molecule has 0 spiro atoms. The predicted molar refractivity (Wildman–Crippen MR) is 69.1 cm³/mol. The molecule has 0 aromatic heterocycles. The van der Waals surface area contributed by atoms with E-state index in [1.807, 2.05) is 11.9 Å². The van der Waals surface area contributed by atoms with Crippen molar-refractivity contribution in [3.63, 3.8) is 0 Å². The number of rotatable bonds is 4. The Kier molecular flexibility index (Phi) is 4.02. The van der Waals surface area contributed by atoms with Crippen molar-refractivity contribution in [1.82, 2.24) is 0 Å². The fraction of sp³-hybridized carbons (Fsp3) is 0.462. The van der Waals surface area contributed by atoms with Crippen LogP contribution in [0.4, 0.5) is 5.69 Å². The van der Waals surface area contributed by atoms with Crippen LogP contribution in [0.1, 0.15) is 23.2 Å². The summed E-state index contributed by atoms with van der Waals surface area (Å²) >= 11 is 6.15. The highest BCUT2D eigenvalue weighted by molar-refractivity contribution is 6.33. The molecule has 1 aliphatic rings. The van der Waals surface area contributed by atoms with Crippen LogP contribution >= 0.6 is 11.6 Å². The van der Waals surface area contributed by atoms with Crippen LogP contribution in [0.25, 0.3) is 0 Å². The van der Waals surface area contributed by atoms with Crippen molar-refractivity contribution in [3.8, 4) is 0 Å². The number of nitrogens with zero attached hydrogens (tertiary/aromatic N) is 1. The van der Waals surface area contributed by atoms with E-state index in [2.05, 4.69) is 0 Å². The molecule has 92 valence electrons. The standard InChI is InChI=1S/C13H16ClNO2/c1-15(8-11-5-3-7-17-11)13-10(9-16)4-2-6-12(13)14/h2,4,6,9,11H,3,5,7-8H2,1H3. The third kappa shape index (κ3) is 2.79. The van der Waals surface area contributed by atoms with Gasteiger partial charge in [0.25, 0.3) is 0 Å². The molecule has 1 aromatic rings. The highest BCUT2D eigenvalue weighted by Gasteiger charge is 2.20. The van der Waals surface area contributed by atoms with Crippen LogP contribution in [0.15, 0.2) is 18.2 Å². The van der Waals surface area contributed by atoms with Gasteiger partial charge in [0, 0.05) is 25.8 Å². The van der Waals surface area contributed by atoms with Crippen LogP contribution in [0.2, 0.25) is 5.02 Å². The van der Waals surface area contributed by atoms with Crippen molar-refractivity contribution in [2.24, 2.45) is 0 Å². The van der Waals surface area contributed by atoms with Crippen LogP contribution < -0.4 is 4.90 Å². The van der Waals surface area contributed by atoms with Gasteiger partial charge in [-0.15, -0.1) is 0 Å². The Morgan fingerprint density at radius 2 is 2.41 bits per heavy atom. The van der Waals surface area contributed by atoms with Crippen molar-refractivity contribution >= 4 is 23.6 Å². The number of ether oxygens (including phenoxy) is 1. The quantitative estimate of drug-likeness (QED) is 0.773. The van der Waals surface area contributed by atoms with E-state index in [1.54, 1.807) is 18.2 Å². The zero-order valence-corrected chi connectivity index (χ0v) is 10.6. The monoisotopic (exact) mass is 253 g/mol. The van der Waals surface area contributed by atoms with Crippen molar-refractivity contribution in [1.29, 1.82) is 0 Å². The summed E-state index contributed by atoms with van der Waals surface area (Å²) in [6.45, 7) is 1.60. The third-order valence-electron chi connectivity index (χ3n) is 3.03. The number of carbonyl (C=O) groups excluding carboxylic acids is 1. The largest absolute Gasteiger partial charge is 0.376 e. The molecule has 1 saturated heterocycles. The second-order valence-electron chi connectivity index (χ2n) is 4.31. The molecule has 2 rings (SSSR count). The molecule has 1 aromatic carbocycles. The fourth-order valence-corrected chi connectivity index (χ4v) is 2.54. The van der Waals surface area contributed by atoms with Crippen LogP contribution in [-0.2, 0) is 4.74 Å². The second-order valence-corrected chi connectivity index (χ2v) is 4.72. The lowest BCUT2D eigenvalue weighted by molar-refractivity contribution is 0.111. The molecule has 1 heterocycles. The molecule has 17 heavy (non-hydrogen) atoms. The predicted octanol–water partition coefficient (Wildman–Crippen LogP) is 2.77. The molecule has 0 amide bonds. The first-order valence-electron chi connectivity index (χ1n) is 5.79. The van der Waals surface area contributed by atoms with Crippen molar-refractivity contribution in [2.45, 2.75) is 18.9 Å². The second kappa shape index (κ2) is 5.52. The molecule has 0 bridgehead atoms. The van der Waals surface area contributed by atoms with Gasteiger partial charge in [-0.2, -0.15) is 0 Å². The number of para-hydroxylation sites is 1. The van der Waals surface area contributed by atoms with E-state index < -0.39 is 0 Å². The zero-order chi connectivity index (χ0) is 12.3. The van der Waals surface area contributed by atoms with Crippen molar-refractivity contribution < 1.29 is 9.53 Å². The number of hydrogen-bond donors (Lipinski definition) is 0. The van der Waals surface area contributed by atoms with Gasteiger partial charge in [0.05, 0.1) is 16.8 Å². The number of anilines is 1. The van der Waals surface area contributed by atoms with Crippen LogP contribution in [0, 0.1) is 0 Å². The summed E-state index contributed by atoms with van der Waals surface area (Å²) in [5.41, 5.74) is 1.41. The van der Waals surface area contributed by atoms with Gasteiger partial charge in [-0.3, -0.25) is 4.79 Å². The topological polar surface area (TPSA) is 29.5 Å². The summed E-state index contributed by atoms with van der Waals surface area (Å²) in [5, 5.41) is 0.607. The van der Waals surface area contributed by atoms with Gasteiger partial charge in [-0.1, -0.05) is 17.7 Å². The summed E-state index contributed by atoms with van der Waals surface area (Å²) in [4.78, 5) is 13.0. The average molecular weight is 254 g/mol. The Morgan fingerprint density at radius 3 is 3.06 bits per heavy atom. The molecule has 0 saturated carbocycles. The van der Waals surface area contributed by atoms with E-state index in [0.717, 1.165) is 38.0 Å². The summed E-state index contributed by atoms with van der Waals surface area (Å²) < 4.78 is 5.59. The number of aldehydes is 1. The molecular weight excluding hydrogens is 238 g/mol. The minimum absolute atomic E-state index is 0.246. The van der Waals surface area contributed by atoms with Gasteiger partial charge in [0.15, 0.2) is 6.29 Å². The maximum Gasteiger partial charge on any atom is 0.152 e. The van der Waals surface area contributed by atoms with E-state index in [4.69, 9.17) is 16.3 Å². The third-order valence-corrected chi connectivity index (χ3v) is 3.33. The Balaban J connectivity index is 2.17. The number of carbonyl (C=O) groups is 1. The summed E-state index contributed by atoms with van der Waals surface area (Å²) in [7, 11) is 1.94. The molecule has 3 nitrogen and oxygen atoms in total. The summed E-state index contributed by atoms with van der Waals surface area (Å²) in [6, 6.07) is 5.37. The minimum Gasteiger partial charge on any atom is -0.376 e.